The third-order valence-electron chi connectivity index (χ3n) is 4.39. The summed E-state index contributed by atoms with van der Waals surface area (Å²) in [6.07, 6.45) is 3.33. The minimum Gasteiger partial charge on any atom is -0.396 e. The number of likely N-dealkylation sites (tertiary alicyclic amines) is 1. The molecule has 0 bridgehead atoms. The predicted molar refractivity (Wildman–Crippen MR) is 73.1 cm³/mol. The van der Waals surface area contributed by atoms with Gasteiger partial charge >= 0.3 is 0 Å². The molecule has 1 rings (SSSR count). The van der Waals surface area contributed by atoms with E-state index in [9.17, 15) is 0 Å². The van der Waals surface area contributed by atoms with Crippen LogP contribution >= 0.6 is 0 Å². The molecule has 0 amide bonds. The predicted octanol–water partition coefficient (Wildman–Crippen LogP) is 1.71. The highest BCUT2D eigenvalue weighted by Crippen LogP contribution is 2.21. The molecule has 3 nitrogen and oxygen atoms in total. The van der Waals surface area contributed by atoms with Crippen molar-refractivity contribution in [1.29, 1.82) is 0 Å². The average Bonchev–Trinajstić information content (AvgIpc) is 2.30. The quantitative estimate of drug-likeness (QED) is 0.744. The van der Waals surface area contributed by atoms with Gasteiger partial charge in [-0.05, 0) is 45.2 Å². The zero-order valence-electron chi connectivity index (χ0n) is 11.9. The number of aliphatic hydroxyl groups excluding tert-OH is 1. The van der Waals surface area contributed by atoms with Crippen LogP contribution in [0.5, 0.6) is 0 Å². The first-order chi connectivity index (χ1) is 8.08. The zero-order valence-corrected chi connectivity index (χ0v) is 11.9. The van der Waals surface area contributed by atoms with Crippen LogP contribution in [0.1, 0.15) is 40.0 Å². The van der Waals surface area contributed by atoms with Gasteiger partial charge in [0, 0.05) is 25.2 Å². The minimum absolute atomic E-state index is 0.319. The highest BCUT2D eigenvalue weighted by atomic mass is 16.3. The van der Waals surface area contributed by atoms with E-state index in [0.717, 1.165) is 25.3 Å². The fourth-order valence-corrected chi connectivity index (χ4v) is 2.78. The Morgan fingerprint density at radius 3 is 2.71 bits per heavy atom. The lowest BCUT2D eigenvalue weighted by Gasteiger charge is -2.40. The maximum Gasteiger partial charge on any atom is 0.0434 e. The molecule has 4 unspecified atom stereocenters. The van der Waals surface area contributed by atoms with Crippen LogP contribution in [-0.4, -0.2) is 48.8 Å². The van der Waals surface area contributed by atoms with E-state index in [1.54, 1.807) is 0 Å². The summed E-state index contributed by atoms with van der Waals surface area (Å²) in [4.78, 5) is 2.45. The average molecular weight is 242 g/mol. The van der Waals surface area contributed by atoms with Crippen LogP contribution in [0.3, 0.4) is 0 Å². The molecular formula is C14H30N2O. The molecule has 0 aliphatic carbocycles. The zero-order chi connectivity index (χ0) is 12.8. The molecule has 3 heteroatoms. The van der Waals surface area contributed by atoms with E-state index in [0.29, 0.717) is 24.6 Å². The highest BCUT2D eigenvalue weighted by Gasteiger charge is 2.28. The van der Waals surface area contributed by atoms with Crippen LogP contribution in [0, 0.1) is 11.8 Å². The highest BCUT2D eigenvalue weighted by molar-refractivity contribution is 4.86. The van der Waals surface area contributed by atoms with Crippen molar-refractivity contribution in [3.63, 3.8) is 0 Å². The Labute approximate surface area is 107 Å². The summed E-state index contributed by atoms with van der Waals surface area (Å²) in [5.41, 5.74) is 0. The summed E-state index contributed by atoms with van der Waals surface area (Å²) in [6.45, 7) is 9.43. The van der Waals surface area contributed by atoms with E-state index in [4.69, 9.17) is 5.11 Å². The first-order valence-corrected chi connectivity index (χ1v) is 7.12. The third kappa shape index (κ3) is 4.57. The lowest BCUT2D eigenvalue weighted by atomic mass is 9.89. The second-order valence-electron chi connectivity index (χ2n) is 5.80. The van der Waals surface area contributed by atoms with Crippen LogP contribution in [0.2, 0.25) is 0 Å². The van der Waals surface area contributed by atoms with Crippen LogP contribution in [0.15, 0.2) is 0 Å². The van der Waals surface area contributed by atoms with Gasteiger partial charge in [-0.2, -0.15) is 0 Å². The molecule has 0 aromatic carbocycles. The molecule has 2 N–H and O–H groups in total. The summed E-state index contributed by atoms with van der Waals surface area (Å²) in [5.74, 6) is 1.35. The normalized spacial score (nSPS) is 32.6. The topological polar surface area (TPSA) is 35.5 Å². The first kappa shape index (κ1) is 14.9. The number of hydrogen-bond acceptors (Lipinski definition) is 3. The number of rotatable bonds is 6. The van der Waals surface area contributed by atoms with Crippen molar-refractivity contribution in [2.45, 2.75) is 52.1 Å². The van der Waals surface area contributed by atoms with Gasteiger partial charge in [0.1, 0.15) is 0 Å². The smallest absolute Gasteiger partial charge is 0.0434 e. The lowest BCUT2D eigenvalue weighted by Crippen LogP contribution is -2.51. The lowest BCUT2D eigenvalue weighted by molar-refractivity contribution is 0.118. The molecule has 17 heavy (non-hydrogen) atoms. The second-order valence-corrected chi connectivity index (χ2v) is 5.80. The van der Waals surface area contributed by atoms with Gasteiger partial charge in [0.2, 0.25) is 0 Å². The van der Waals surface area contributed by atoms with Crippen molar-refractivity contribution in [1.82, 2.24) is 10.2 Å². The van der Waals surface area contributed by atoms with Gasteiger partial charge in [0.15, 0.2) is 0 Å². The van der Waals surface area contributed by atoms with Crippen LogP contribution < -0.4 is 5.32 Å². The van der Waals surface area contributed by atoms with Gasteiger partial charge in [-0.1, -0.05) is 20.3 Å². The van der Waals surface area contributed by atoms with Gasteiger partial charge in [-0.25, -0.2) is 0 Å². The number of nitrogens with zero attached hydrogens (tertiary/aromatic N) is 1. The molecule has 1 saturated heterocycles. The van der Waals surface area contributed by atoms with Gasteiger partial charge in [-0.15, -0.1) is 0 Å². The van der Waals surface area contributed by atoms with Gasteiger partial charge in [0.05, 0.1) is 0 Å². The van der Waals surface area contributed by atoms with Crippen molar-refractivity contribution < 1.29 is 5.11 Å². The molecule has 0 aromatic rings. The standard InChI is InChI=1S/C14H30N2O/c1-5-13(6-7-17)9-15-14-8-12(3)16(4)10-11(14)2/h11-15,17H,5-10H2,1-4H3. The van der Waals surface area contributed by atoms with E-state index in [1.807, 2.05) is 0 Å². The molecule has 102 valence electrons. The Kier molecular flexibility index (Phi) is 6.45. The first-order valence-electron chi connectivity index (χ1n) is 7.12. The summed E-state index contributed by atoms with van der Waals surface area (Å²) >= 11 is 0. The molecule has 0 saturated carbocycles. The van der Waals surface area contributed by atoms with E-state index >= 15 is 0 Å². The molecule has 4 atom stereocenters. The van der Waals surface area contributed by atoms with Crippen molar-refractivity contribution >= 4 is 0 Å². The molecule has 0 aromatic heterocycles. The maximum absolute atomic E-state index is 9.00. The maximum atomic E-state index is 9.00. The number of piperidine rings is 1. The fourth-order valence-electron chi connectivity index (χ4n) is 2.78. The SMILES string of the molecule is CCC(CCO)CNC1CC(C)N(C)CC1C. The summed E-state index contributed by atoms with van der Waals surface area (Å²) in [6, 6.07) is 1.33. The van der Waals surface area contributed by atoms with Gasteiger partial charge < -0.3 is 15.3 Å². The van der Waals surface area contributed by atoms with Crippen LogP contribution in [0.25, 0.3) is 0 Å². The molecule has 0 spiro atoms. The molecule has 1 aliphatic rings. The Hall–Kier alpha value is -0.120. The second kappa shape index (κ2) is 7.34. The van der Waals surface area contributed by atoms with Crippen molar-refractivity contribution in [2.24, 2.45) is 11.8 Å². The number of hydrogen-bond donors (Lipinski definition) is 2. The minimum atomic E-state index is 0.319. The van der Waals surface area contributed by atoms with Crippen molar-refractivity contribution in [3.05, 3.63) is 0 Å². The third-order valence-corrected chi connectivity index (χ3v) is 4.39. The van der Waals surface area contributed by atoms with Crippen molar-refractivity contribution in [2.75, 3.05) is 26.7 Å². The molecular weight excluding hydrogens is 212 g/mol. The Morgan fingerprint density at radius 1 is 1.41 bits per heavy atom. The fraction of sp³-hybridized carbons (Fsp3) is 1.00. The summed E-state index contributed by atoms with van der Waals surface area (Å²) in [5, 5.41) is 12.7. The summed E-state index contributed by atoms with van der Waals surface area (Å²) in [7, 11) is 2.22. The van der Waals surface area contributed by atoms with E-state index in [-0.39, 0.29) is 0 Å². The van der Waals surface area contributed by atoms with Gasteiger partial charge in [0.25, 0.3) is 0 Å². The Bertz CT molecular complexity index is 210. The number of aliphatic hydroxyl groups is 1. The summed E-state index contributed by atoms with van der Waals surface area (Å²) < 4.78 is 0. The van der Waals surface area contributed by atoms with E-state index < -0.39 is 0 Å². The molecule has 1 heterocycles. The van der Waals surface area contributed by atoms with Crippen molar-refractivity contribution in [3.8, 4) is 0 Å². The Balaban J connectivity index is 2.35. The monoisotopic (exact) mass is 242 g/mol. The molecule has 0 radical (unpaired) electrons. The van der Waals surface area contributed by atoms with Crippen LogP contribution in [-0.2, 0) is 0 Å². The molecule has 1 aliphatic heterocycles. The number of nitrogens with one attached hydrogen (secondary N) is 1. The van der Waals surface area contributed by atoms with Crippen LogP contribution in [0.4, 0.5) is 0 Å². The largest absolute Gasteiger partial charge is 0.396 e. The molecule has 1 fully saturated rings. The van der Waals surface area contributed by atoms with Gasteiger partial charge in [-0.3, -0.25) is 0 Å². The van der Waals surface area contributed by atoms with E-state index in [2.05, 4.69) is 38.0 Å². The van der Waals surface area contributed by atoms with E-state index in [1.165, 1.54) is 13.0 Å². The Morgan fingerprint density at radius 2 is 2.12 bits per heavy atom.